The standard InChI is InChI=1S/C19H21N3O3S/c1-13-7-8-15(22(24)25)11-16(13)20-12-19(23)21-10-9-14(2)26-18-6-4-3-5-17(18)21/h3-8,11,14,20H,9-10,12H2,1-2H3. The highest BCUT2D eigenvalue weighted by Crippen LogP contribution is 2.37. The van der Waals surface area contributed by atoms with Crippen LogP contribution in [0.1, 0.15) is 18.9 Å². The van der Waals surface area contributed by atoms with Gasteiger partial charge < -0.3 is 10.2 Å². The second-order valence-electron chi connectivity index (χ2n) is 6.34. The Kier molecular flexibility index (Phi) is 5.46. The maximum absolute atomic E-state index is 12.8. The fourth-order valence-corrected chi connectivity index (χ4v) is 4.04. The minimum absolute atomic E-state index is 0.0101. The molecule has 1 aliphatic rings. The molecule has 1 atom stereocenters. The highest BCUT2D eigenvalue weighted by molar-refractivity contribution is 8.00. The molecule has 7 heteroatoms. The van der Waals surface area contributed by atoms with E-state index in [0.29, 0.717) is 17.5 Å². The summed E-state index contributed by atoms with van der Waals surface area (Å²) < 4.78 is 0. The van der Waals surface area contributed by atoms with Gasteiger partial charge >= 0.3 is 0 Å². The number of non-ortho nitro benzene ring substituents is 1. The Bertz CT molecular complexity index is 841. The number of nitro groups is 1. The number of hydrogen-bond acceptors (Lipinski definition) is 5. The van der Waals surface area contributed by atoms with Crippen molar-refractivity contribution < 1.29 is 9.72 Å². The molecule has 1 unspecified atom stereocenters. The summed E-state index contributed by atoms with van der Waals surface area (Å²) in [7, 11) is 0. The molecule has 2 aromatic carbocycles. The van der Waals surface area contributed by atoms with Crippen molar-refractivity contribution in [3.8, 4) is 0 Å². The van der Waals surface area contributed by atoms with Crippen molar-refractivity contribution in [1.82, 2.24) is 0 Å². The number of hydrogen-bond donors (Lipinski definition) is 1. The molecular formula is C19H21N3O3S. The van der Waals surface area contributed by atoms with Crippen LogP contribution < -0.4 is 10.2 Å². The van der Waals surface area contributed by atoms with E-state index in [1.807, 2.05) is 36.1 Å². The van der Waals surface area contributed by atoms with Gasteiger partial charge in [-0.05, 0) is 31.0 Å². The average Bonchev–Trinajstić information content (AvgIpc) is 2.78. The molecule has 0 aliphatic carbocycles. The van der Waals surface area contributed by atoms with E-state index < -0.39 is 4.92 Å². The molecule has 1 amide bonds. The van der Waals surface area contributed by atoms with Crippen molar-refractivity contribution in [2.75, 3.05) is 23.3 Å². The van der Waals surface area contributed by atoms with Gasteiger partial charge in [0.25, 0.3) is 5.69 Å². The lowest BCUT2D eigenvalue weighted by Gasteiger charge is -2.23. The van der Waals surface area contributed by atoms with E-state index in [2.05, 4.69) is 12.2 Å². The predicted molar refractivity (Wildman–Crippen MR) is 105 cm³/mol. The number of amides is 1. The van der Waals surface area contributed by atoms with Crippen molar-refractivity contribution in [2.45, 2.75) is 30.4 Å². The number of nitro benzene ring substituents is 1. The molecule has 2 aromatic rings. The molecule has 6 nitrogen and oxygen atoms in total. The first kappa shape index (κ1) is 18.3. The zero-order valence-electron chi connectivity index (χ0n) is 14.8. The molecule has 1 N–H and O–H groups in total. The van der Waals surface area contributed by atoms with Crippen LogP contribution in [-0.4, -0.2) is 29.2 Å². The molecule has 0 saturated heterocycles. The van der Waals surface area contributed by atoms with Crippen LogP contribution in [0, 0.1) is 17.0 Å². The van der Waals surface area contributed by atoms with E-state index in [0.717, 1.165) is 22.6 Å². The second-order valence-corrected chi connectivity index (χ2v) is 7.82. The molecular weight excluding hydrogens is 350 g/mol. The third kappa shape index (κ3) is 3.99. The van der Waals surface area contributed by atoms with Crippen LogP contribution in [-0.2, 0) is 4.79 Å². The Morgan fingerprint density at radius 1 is 1.35 bits per heavy atom. The number of rotatable bonds is 4. The van der Waals surface area contributed by atoms with Gasteiger partial charge in [-0.15, -0.1) is 11.8 Å². The number of benzene rings is 2. The van der Waals surface area contributed by atoms with Crippen LogP contribution in [0.25, 0.3) is 0 Å². The normalized spacial score (nSPS) is 16.5. The van der Waals surface area contributed by atoms with E-state index in [4.69, 9.17) is 0 Å². The summed E-state index contributed by atoms with van der Waals surface area (Å²) in [5, 5.41) is 14.5. The summed E-state index contributed by atoms with van der Waals surface area (Å²) in [5.41, 5.74) is 2.42. The van der Waals surface area contributed by atoms with E-state index in [1.165, 1.54) is 12.1 Å². The number of carbonyl (C=O) groups excluding carboxylic acids is 1. The van der Waals surface area contributed by atoms with Gasteiger partial charge in [0.05, 0.1) is 17.2 Å². The summed E-state index contributed by atoms with van der Waals surface area (Å²) in [5.74, 6) is -0.0435. The SMILES string of the molecule is Cc1ccc([N+](=O)[O-])cc1NCC(=O)N1CCC(C)Sc2ccccc21. The van der Waals surface area contributed by atoms with E-state index >= 15 is 0 Å². The Morgan fingerprint density at radius 3 is 2.88 bits per heavy atom. The number of carbonyl (C=O) groups is 1. The predicted octanol–water partition coefficient (Wildman–Crippen LogP) is 4.23. The fourth-order valence-electron chi connectivity index (χ4n) is 2.93. The Balaban J connectivity index is 1.77. The molecule has 1 heterocycles. The first-order valence-electron chi connectivity index (χ1n) is 8.50. The summed E-state index contributed by atoms with van der Waals surface area (Å²) >= 11 is 1.79. The van der Waals surface area contributed by atoms with Gasteiger partial charge in [-0.3, -0.25) is 14.9 Å². The topological polar surface area (TPSA) is 75.5 Å². The van der Waals surface area contributed by atoms with Crippen molar-refractivity contribution in [1.29, 1.82) is 0 Å². The number of nitrogens with zero attached hydrogens (tertiary/aromatic N) is 2. The van der Waals surface area contributed by atoms with Gasteiger partial charge in [-0.2, -0.15) is 0 Å². The van der Waals surface area contributed by atoms with Gasteiger partial charge in [-0.25, -0.2) is 0 Å². The third-order valence-corrected chi connectivity index (χ3v) is 5.64. The molecule has 1 aliphatic heterocycles. The Morgan fingerprint density at radius 2 is 2.12 bits per heavy atom. The molecule has 26 heavy (non-hydrogen) atoms. The van der Waals surface area contributed by atoms with Gasteiger partial charge in [0.1, 0.15) is 0 Å². The zero-order valence-corrected chi connectivity index (χ0v) is 15.6. The van der Waals surface area contributed by atoms with E-state index in [1.54, 1.807) is 17.8 Å². The zero-order chi connectivity index (χ0) is 18.7. The number of fused-ring (bicyclic) bond motifs is 1. The maximum Gasteiger partial charge on any atom is 0.271 e. The van der Waals surface area contributed by atoms with Crippen LogP contribution in [0.4, 0.5) is 17.1 Å². The minimum atomic E-state index is -0.434. The maximum atomic E-state index is 12.8. The minimum Gasteiger partial charge on any atom is -0.376 e. The molecule has 136 valence electrons. The fraction of sp³-hybridized carbons (Fsp3) is 0.316. The molecule has 0 saturated carbocycles. The summed E-state index contributed by atoms with van der Waals surface area (Å²) in [6.07, 6.45) is 0.918. The highest BCUT2D eigenvalue weighted by Gasteiger charge is 2.24. The number of para-hydroxylation sites is 1. The largest absolute Gasteiger partial charge is 0.376 e. The van der Waals surface area contributed by atoms with Crippen LogP contribution >= 0.6 is 11.8 Å². The van der Waals surface area contributed by atoms with E-state index in [-0.39, 0.29) is 18.1 Å². The van der Waals surface area contributed by atoms with Crippen molar-refractivity contribution in [3.63, 3.8) is 0 Å². The highest BCUT2D eigenvalue weighted by atomic mass is 32.2. The van der Waals surface area contributed by atoms with Gasteiger partial charge in [0, 0.05) is 34.5 Å². The van der Waals surface area contributed by atoms with Gasteiger partial charge in [0.2, 0.25) is 5.91 Å². The van der Waals surface area contributed by atoms with Crippen LogP contribution in [0.3, 0.4) is 0 Å². The van der Waals surface area contributed by atoms with Gasteiger partial charge in [-0.1, -0.05) is 25.1 Å². The smallest absolute Gasteiger partial charge is 0.271 e. The Labute approximate surface area is 156 Å². The first-order chi connectivity index (χ1) is 12.5. The lowest BCUT2D eigenvalue weighted by atomic mass is 10.2. The lowest BCUT2D eigenvalue weighted by molar-refractivity contribution is -0.384. The molecule has 3 rings (SSSR count). The number of anilines is 2. The number of thioether (sulfide) groups is 1. The molecule has 0 spiro atoms. The van der Waals surface area contributed by atoms with Crippen molar-refractivity contribution in [2.24, 2.45) is 0 Å². The number of aryl methyl sites for hydroxylation is 1. The summed E-state index contributed by atoms with van der Waals surface area (Å²) in [6, 6.07) is 12.6. The Hall–Kier alpha value is -2.54. The first-order valence-corrected chi connectivity index (χ1v) is 9.38. The van der Waals surface area contributed by atoms with Crippen LogP contribution in [0.2, 0.25) is 0 Å². The monoisotopic (exact) mass is 371 g/mol. The summed E-state index contributed by atoms with van der Waals surface area (Å²) in [6.45, 7) is 4.78. The molecule has 0 radical (unpaired) electrons. The molecule has 0 aromatic heterocycles. The average molecular weight is 371 g/mol. The van der Waals surface area contributed by atoms with Crippen molar-refractivity contribution in [3.05, 3.63) is 58.1 Å². The third-order valence-electron chi connectivity index (χ3n) is 4.41. The summed E-state index contributed by atoms with van der Waals surface area (Å²) in [4.78, 5) is 26.3. The molecule has 0 fully saturated rings. The van der Waals surface area contributed by atoms with Crippen LogP contribution in [0.5, 0.6) is 0 Å². The van der Waals surface area contributed by atoms with Crippen molar-refractivity contribution >= 4 is 34.7 Å². The van der Waals surface area contributed by atoms with Crippen LogP contribution in [0.15, 0.2) is 47.4 Å². The van der Waals surface area contributed by atoms with Gasteiger partial charge in [0.15, 0.2) is 0 Å². The number of nitrogens with one attached hydrogen (secondary N) is 1. The second kappa shape index (κ2) is 7.78. The quantitative estimate of drug-likeness (QED) is 0.643. The molecule has 0 bridgehead atoms. The van der Waals surface area contributed by atoms with E-state index in [9.17, 15) is 14.9 Å². The lowest BCUT2D eigenvalue weighted by Crippen LogP contribution is -2.36.